The van der Waals surface area contributed by atoms with E-state index in [0.29, 0.717) is 9.56 Å². The smallest absolute Gasteiger partial charge is 0.410 e. The number of nitrogens with zero attached hydrogens (tertiary/aromatic N) is 2. The number of carbonyl (C=O) groups is 1. The Labute approximate surface area is 182 Å². The van der Waals surface area contributed by atoms with Gasteiger partial charge in [0.15, 0.2) is 11.7 Å². The first-order valence-electron chi connectivity index (χ1n) is 8.59. The maximum Gasteiger partial charge on any atom is 0.410 e. The molecule has 0 saturated carbocycles. The first-order valence-corrected chi connectivity index (χ1v) is 10.2. The summed E-state index contributed by atoms with van der Waals surface area (Å²) >= 11 is 13.4. The van der Waals surface area contributed by atoms with Crippen LogP contribution >= 0.6 is 34.5 Å². The predicted molar refractivity (Wildman–Crippen MR) is 109 cm³/mol. The molecule has 0 bridgehead atoms. The van der Waals surface area contributed by atoms with Crippen molar-refractivity contribution in [2.24, 2.45) is 0 Å². The summed E-state index contributed by atoms with van der Waals surface area (Å²) in [6.07, 6.45) is -4.90. The summed E-state index contributed by atoms with van der Waals surface area (Å²) in [7, 11) is 0. The highest BCUT2D eigenvalue weighted by Crippen LogP contribution is 2.47. The lowest BCUT2D eigenvalue weighted by atomic mass is 10.0. The van der Waals surface area contributed by atoms with Crippen LogP contribution in [0.4, 0.5) is 24.7 Å². The monoisotopic (exact) mass is 476 g/mol. The highest BCUT2D eigenvalue weighted by Gasteiger charge is 2.48. The van der Waals surface area contributed by atoms with Crippen molar-refractivity contribution in [2.45, 2.75) is 24.7 Å². The molecule has 0 radical (unpaired) electrons. The number of amides is 1. The number of hydrogen-bond acceptors (Lipinski definition) is 5. The molecular formula is C18H13Cl2F3N4O2S. The van der Waals surface area contributed by atoms with E-state index in [9.17, 15) is 23.1 Å². The van der Waals surface area contributed by atoms with Crippen LogP contribution in [0.3, 0.4) is 0 Å². The number of phenols is 1. The summed E-state index contributed by atoms with van der Waals surface area (Å²) in [6, 6.07) is 4.86. The van der Waals surface area contributed by atoms with Crippen molar-refractivity contribution >= 4 is 52.0 Å². The second-order valence-electron chi connectivity index (χ2n) is 6.58. The zero-order valence-corrected chi connectivity index (χ0v) is 17.2. The van der Waals surface area contributed by atoms with E-state index in [4.69, 9.17) is 23.2 Å². The molecular weight excluding hydrogens is 464 g/mol. The number of alkyl halides is 3. The van der Waals surface area contributed by atoms with Gasteiger partial charge in [0.25, 0.3) is 5.91 Å². The molecule has 4 rings (SSSR count). The third-order valence-electron chi connectivity index (χ3n) is 4.60. The zero-order chi connectivity index (χ0) is 21.6. The molecule has 12 heteroatoms. The van der Waals surface area contributed by atoms with E-state index < -0.39 is 29.9 Å². The number of halogens is 5. The van der Waals surface area contributed by atoms with Gasteiger partial charge in [-0.1, -0.05) is 29.3 Å². The lowest BCUT2D eigenvalue weighted by molar-refractivity contribution is -0.173. The molecule has 0 aliphatic carbocycles. The van der Waals surface area contributed by atoms with Gasteiger partial charge in [0.2, 0.25) is 0 Å². The van der Waals surface area contributed by atoms with Gasteiger partial charge in [-0.3, -0.25) is 4.79 Å². The summed E-state index contributed by atoms with van der Waals surface area (Å²) in [6.45, 7) is 0. The van der Waals surface area contributed by atoms with Gasteiger partial charge in [0.1, 0.15) is 16.6 Å². The van der Waals surface area contributed by atoms with Gasteiger partial charge in [-0.05, 0) is 29.6 Å². The summed E-state index contributed by atoms with van der Waals surface area (Å²) in [4.78, 5) is 13.4. The molecule has 0 spiro atoms. The normalized spacial score (nSPS) is 18.6. The summed E-state index contributed by atoms with van der Waals surface area (Å²) in [5, 5.41) is 20.8. The molecule has 6 nitrogen and oxygen atoms in total. The van der Waals surface area contributed by atoms with Crippen LogP contribution in [-0.4, -0.2) is 27.0 Å². The molecule has 1 aliphatic heterocycles. The Morgan fingerprint density at radius 3 is 2.77 bits per heavy atom. The fourth-order valence-corrected chi connectivity index (χ4v) is 4.43. The number of nitrogens with one attached hydrogen (secondary N) is 2. The fourth-order valence-electron chi connectivity index (χ4n) is 3.20. The molecule has 2 unspecified atom stereocenters. The number of hydrogen-bond donors (Lipinski definition) is 3. The van der Waals surface area contributed by atoms with Gasteiger partial charge in [0, 0.05) is 16.3 Å². The average Bonchev–Trinajstić information content (AvgIpc) is 3.32. The van der Waals surface area contributed by atoms with Crippen LogP contribution in [0.5, 0.6) is 5.75 Å². The third kappa shape index (κ3) is 3.82. The Kier molecular flexibility index (Phi) is 5.33. The Morgan fingerprint density at radius 2 is 2.10 bits per heavy atom. The molecule has 2 aromatic heterocycles. The third-order valence-corrected chi connectivity index (χ3v) is 6.18. The van der Waals surface area contributed by atoms with E-state index in [0.717, 1.165) is 0 Å². The number of aromatic hydroxyl groups is 1. The molecule has 2 atom stereocenters. The van der Waals surface area contributed by atoms with Gasteiger partial charge in [0.05, 0.1) is 11.7 Å². The molecule has 1 aliphatic rings. The van der Waals surface area contributed by atoms with Crippen LogP contribution in [-0.2, 0) is 0 Å². The lowest BCUT2D eigenvalue weighted by Gasteiger charge is -2.32. The first-order chi connectivity index (χ1) is 14.1. The fraction of sp³-hybridized carbons (Fsp3) is 0.222. The zero-order valence-electron chi connectivity index (χ0n) is 14.9. The summed E-state index contributed by atoms with van der Waals surface area (Å²) < 4.78 is 41.9. The quantitative estimate of drug-likeness (QED) is 0.413. The molecule has 158 valence electrons. The molecule has 3 heterocycles. The standard InChI is InChI=1S/C18H13Cl2F3N4O2S/c19-8-3-4-11(28)9(6-8)25-17(29)15-14(20)16-24-10(12-2-1-5-30-12)7-13(18(21,22)23)27(16)26-15/h1-6,10,13,24,28H,7H2,(H,25,29). The number of anilines is 2. The number of phenolic OH excluding ortho intramolecular Hbond substituents is 1. The molecule has 1 amide bonds. The van der Waals surface area contributed by atoms with Gasteiger partial charge in [-0.25, -0.2) is 4.68 Å². The topological polar surface area (TPSA) is 79.2 Å². The Bertz CT molecular complexity index is 1100. The SMILES string of the molecule is O=C(Nc1cc(Cl)ccc1O)c1nn2c(c1Cl)NC(c1cccs1)CC2C(F)(F)F. The highest BCUT2D eigenvalue weighted by atomic mass is 35.5. The average molecular weight is 477 g/mol. The van der Waals surface area contributed by atoms with E-state index in [1.807, 2.05) is 0 Å². The van der Waals surface area contributed by atoms with E-state index in [1.165, 1.54) is 29.5 Å². The number of aromatic nitrogens is 2. The summed E-state index contributed by atoms with van der Waals surface area (Å²) in [5.41, 5.74) is -0.425. The van der Waals surface area contributed by atoms with Crippen molar-refractivity contribution in [3.05, 3.63) is 56.3 Å². The second kappa shape index (κ2) is 7.68. The van der Waals surface area contributed by atoms with E-state index >= 15 is 0 Å². The molecule has 0 fully saturated rings. The van der Waals surface area contributed by atoms with Crippen LogP contribution in [0.25, 0.3) is 0 Å². The number of fused-ring (bicyclic) bond motifs is 1. The number of thiophene rings is 1. The van der Waals surface area contributed by atoms with E-state index in [1.54, 1.807) is 17.5 Å². The predicted octanol–water partition coefficient (Wildman–Crippen LogP) is 5.87. The highest BCUT2D eigenvalue weighted by molar-refractivity contribution is 7.10. The van der Waals surface area contributed by atoms with Crippen LogP contribution in [0, 0.1) is 0 Å². The second-order valence-corrected chi connectivity index (χ2v) is 8.37. The Morgan fingerprint density at radius 1 is 1.33 bits per heavy atom. The van der Waals surface area contributed by atoms with Gasteiger partial charge in [-0.2, -0.15) is 18.3 Å². The van der Waals surface area contributed by atoms with Crippen molar-refractivity contribution in [1.29, 1.82) is 0 Å². The minimum atomic E-state index is -4.60. The number of benzene rings is 1. The van der Waals surface area contributed by atoms with Crippen molar-refractivity contribution in [1.82, 2.24) is 9.78 Å². The van der Waals surface area contributed by atoms with E-state index in [2.05, 4.69) is 15.7 Å². The van der Waals surface area contributed by atoms with Crippen LogP contribution < -0.4 is 10.6 Å². The van der Waals surface area contributed by atoms with Crippen molar-refractivity contribution in [3.63, 3.8) is 0 Å². The van der Waals surface area contributed by atoms with Crippen molar-refractivity contribution in [2.75, 3.05) is 10.6 Å². The molecule has 3 N–H and O–H groups in total. The molecule has 30 heavy (non-hydrogen) atoms. The molecule has 3 aromatic rings. The minimum Gasteiger partial charge on any atom is -0.506 e. The van der Waals surface area contributed by atoms with Crippen LogP contribution in [0.2, 0.25) is 10.0 Å². The van der Waals surface area contributed by atoms with Crippen molar-refractivity contribution < 1.29 is 23.1 Å². The molecule has 0 saturated heterocycles. The Balaban J connectivity index is 1.71. The largest absolute Gasteiger partial charge is 0.506 e. The van der Waals surface area contributed by atoms with Gasteiger partial charge < -0.3 is 15.7 Å². The van der Waals surface area contributed by atoms with E-state index in [-0.39, 0.29) is 33.7 Å². The van der Waals surface area contributed by atoms with Crippen LogP contribution in [0.15, 0.2) is 35.7 Å². The van der Waals surface area contributed by atoms with Gasteiger partial charge >= 0.3 is 6.18 Å². The minimum absolute atomic E-state index is 0.0219. The number of rotatable bonds is 3. The van der Waals surface area contributed by atoms with Gasteiger partial charge in [-0.15, -0.1) is 11.3 Å². The van der Waals surface area contributed by atoms with Crippen LogP contribution in [0.1, 0.15) is 33.9 Å². The summed E-state index contributed by atoms with van der Waals surface area (Å²) in [5.74, 6) is -1.24. The first kappa shape index (κ1) is 20.8. The number of carbonyl (C=O) groups excluding carboxylic acids is 1. The molecule has 1 aromatic carbocycles. The lowest BCUT2D eigenvalue weighted by Crippen LogP contribution is -2.35. The van der Waals surface area contributed by atoms with Crippen molar-refractivity contribution in [3.8, 4) is 5.75 Å². The Hall–Kier alpha value is -2.43. The maximum absolute atomic E-state index is 13.7. The maximum atomic E-state index is 13.7.